The van der Waals surface area contributed by atoms with E-state index in [0.717, 1.165) is 0 Å². The van der Waals surface area contributed by atoms with Crippen LogP contribution in [0.15, 0.2) is 0 Å². The van der Waals surface area contributed by atoms with Crippen LogP contribution in [-0.2, 0) is 19.6 Å². The molecule has 1 amide bonds. The number of carbonyl (C=O) groups excluding carboxylic acids is 1. The van der Waals surface area contributed by atoms with Crippen LogP contribution in [0, 0.1) is 0 Å². The second-order valence-electron chi connectivity index (χ2n) is 5.20. The van der Waals surface area contributed by atoms with Gasteiger partial charge in [-0.2, -0.15) is 4.31 Å². The number of aliphatic hydroxyl groups excluding tert-OH is 1. The highest BCUT2D eigenvalue weighted by atomic mass is 32.2. The number of ether oxygens (including phenoxy) is 1. The highest BCUT2D eigenvalue weighted by molar-refractivity contribution is 7.89. The molecule has 0 spiro atoms. The van der Waals surface area contributed by atoms with Crippen LogP contribution >= 0.6 is 0 Å². The molecule has 1 heterocycles. The lowest BCUT2D eigenvalue weighted by atomic mass is 10.0. The van der Waals surface area contributed by atoms with E-state index in [0.29, 0.717) is 32.7 Å². The Bertz CT molecular complexity index is 414. The number of amides is 1. The van der Waals surface area contributed by atoms with Gasteiger partial charge in [0.05, 0.1) is 31.1 Å². The summed E-state index contributed by atoms with van der Waals surface area (Å²) in [7, 11) is -3.42. The van der Waals surface area contributed by atoms with Gasteiger partial charge >= 0.3 is 0 Å². The second kappa shape index (κ2) is 7.35. The van der Waals surface area contributed by atoms with Gasteiger partial charge in [0.2, 0.25) is 15.9 Å². The molecule has 20 heavy (non-hydrogen) atoms. The minimum absolute atomic E-state index is 0.102. The summed E-state index contributed by atoms with van der Waals surface area (Å²) in [6.07, 6.45) is 0.473. The molecular weight excluding hydrogens is 284 g/mol. The molecule has 0 aromatic rings. The molecule has 1 atom stereocenters. The van der Waals surface area contributed by atoms with Crippen LogP contribution in [0.5, 0.6) is 0 Å². The summed E-state index contributed by atoms with van der Waals surface area (Å²) < 4.78 is 30.5. The first-order valence-corrected chi connectivity index (χ1v) is 8.41. The lowest BCUT2D eigenvalue weighted by molar-refractivity contribution is -0.123. The summed E-state index contributed by atoms with van der Waals surface area (Å²) in [6, 6.07) is 0. The molecule has 0 aliphatic carbocycles. The number of nitrogens with one attached hydrogen (secondary N) is 1. The molecule has 1 aliphatic rings. The van der Waals surface area contributed by atoms with Gasteiger partial charge in [-0.3, -0.25) is 4.79 Å². The Morgan fingerprint density at radius 1 is 1.40 bits per heavy atom. The molecule has 1 aliphatic heterocycles. The average Bonchev–Trinajstić information content (AvgIpc) is 2.46. The predicted molar refractivity (Wildman–Crippen MR) is 74.7 cm³/mol. The number of hydrogen-bond acceptors (Lipinski definition) is 5. The molecule has 0 radical (unpaired) electrons. The molecule has 2 N–H and O–H groups in total. The van der Waals surface area contributed by atoms with Gasteiger partial charge in [0.1, 0.15) is 0 Å². The Balaban J connectivity index is 2.47. The average molecular weight is 308 g/mol. The third kappa shape index (κ3) is 5.01. The summed E-state index contributed by atoms with van der Waals surface area (Å²) in [6.45, 7) is 4.86. The standard InChI is InChI=1S/C12H24N2O5S/c1-3-12(2,10-15)13-11(16)4-9-20(17,18)14-5-7-19-8-6-14/h15H,3-10H2,1-2H3,(H,13,16). The van der Waals surface area contributed by atoms with E-state index in [9.17, 15) is 18.3 Å². The van der Waals surface area contributed by atoms with E-state index < -0.39 is 15.6 Å². The predicted octanol–water partition coefficient (Wildman–Crippen LogP) is -0.684. The van der Waals surface area contributed by atoms with Crippen LogP contribution in [-0.4, -0.2) is 67.9 Å². The van der Waals surface area contributed by atoms with Crippen molar-refractivity contribution in [2.24, 2.45) is 0 Å². The van der Waals surface area contributed by atoms with E-state index in [1.54, 1.807) is 6.92 Å². The lowest BCUT2D eigenvalue weighted by Crippen LogP contribution is -2.49. The van der Waals surface area contributed by atoms with Gasteiger partial charge in [0.15, 0.2) is 0 Å². The van der Waals surface area contributed by atoms with Gasteiger partial charge in [-0.15, -0.1) is 0 Å². The Hall–Kier alpha value is -0.700. The van der Waals surface area contributed by atoms with Gasteiger partial charge in [-0.25, -0.2) is 8.42 Å². The fourth-order valence-corrected chi connectivity index (χ4v) is 3.22. The molecule has 0 aromatic carbocycles. The molecule has 0 bridgehead atoms. The second-order valence-corrected chi connectivity index (χ2v) is 7.29. The monoisotopic (exact) mass is 308 g/mol. The first-order valence-electron chi connectivity index (χ1n) is 6.80. The number of rotatable bonds is 7. The minimum atomic E-state index is -3.42. The highest BCUT2D eigenvalue weighted by Gasteiger charge is 2.27. The number of morpholine rings is 1. The number of aliphatic hydroxyl groups is 1. The number of sulfonamides is 1. The zero-order valence-electron chi connectivity index (χ0n) is 12.1. The number of hydrogen-bond donors (Lipinski definition) is 2. The summed E-state index contributed by atoms with van der Waals surface area (Å²) >= 11 is 0. The summed E-state index contributed by atoms with van der Waals surface area (Å²) in [5.41, 5.74) is -0.695. The van der Waals surface area contributed by atoms with E-state index in [4.69, 9.17) is 4.74 Å². The molecule has 1 saturated heterocycles. The van der Waals surface area contributed by atoms with E-state index in [2.05, 4.69) is 5.32 Å². The lowest BCUT2D eigenvalue weighted by Gasteiger charge is -2.28. The van der Waals surface area contributed by atoms with Crippen molar-refractivity contribution in [3.8, 4) is 0 Å². The van der Waals surface area contributed by atoms with E-state index in [-0.39, 0.29) is 24.7 Å². The maximum absolute atomic E-state index is 12.0. The van der Waals surface area contributed by atoms with Crippen LogP contribution in [0.1, 0.15) is 26.7 Å². The smallest absolute Gasteiger partial charge is 0.221 e. The van der Waals surface area contributed by atoms with Crippen molar-refractivity contribution in [2.75, 3.05) is 38.7 Å². The van der Waals surface area contributed by atoms with Crippen LogP contribution < -0.4 is 5.32 Å². The van der Waals surface area contributed by atoms with Crippen LogP contribution in [0.25, 0.3) is 0 Å². The zero-order chi connectivity index (χ0) is 15.2. The highest BCUT2D eigenvalue weighted by Crippen LogP contribution is 2.10. The van der Waals surface area contributed by atoms with E-state index in [1.165, 1.54) is 4.31 Å². The van der Waals surface area contributed by atoms with Crippen LogP contribution in [0.3, 0.4) is 0 Å². The first-order chi connectivity index (χ1) is 9.33. The molecule has 118 valence electrons. The van der Waals surface area contributed by atoms with Crippen molar-refractivity contribution < 1.29 is 23.1 Å². The maximum atomic E-state index is 12.0. The molecule has 1 rings (SSSR count). The van der Waals surface area contributed by atoms with Gasteiger partial charge in [-0.1, -0.05) is 6.92 Å². The normalized spacial score (nSPS) is 20.4. The molecule has 0 saturated carbocycles. The van der Waals surface area contributed by atoms with Crippen molar-refractivity contribution in [3.63, 3.8) is 0 Å². The largest absolute Gasteiger partial charge is 0.394 e. The SMILES string of the molecule is CCC(C)(CO)NC(=O)CCS(=O)(=O)N1CCOCC1. The van der Waals surface area contributed by atoms with Crippen molar-refractivity contribution in [2.45, 2.75) is 32.2 Å². The van der Waals surface area contributed by atoms with Gasteiger partial charge in [0.25, 0.3) is 0 Å². The molecule has 0 aromatic heterocycles. The molecule has 7 nitrogen and oxygen atoms in total. The topological polar surface area (TPSA) is 95.9 Å². The first kappa shape index (κ1) is 17.4. The van der Waals surface area contributed by atoms with Crippen LogP contribution in [0.4, 0.5) is 0 Å². The maximum Gasteiger partial charge on any atom is 0.221 e. The summed E-state index contributed by atoms with van der Waals surface area (Å²) in [4.78, 5) is 11.8. The van der Waals surface area contributed by atoms with Gasteiger partial charge < -0.3 is 15.2 Å². The quantitative estimate of drug-likeness (QED) is 0.649. The van der Waals surface area contributed by atoms with E-state index >= 15 is 0 Å². The van der Waals surface area contributed by atoms with Crippen molar-refractivity contribution in [3.05, 3.63) is 0 Å². The summed E-state index contributed by atoms with van der Waals surface area (Å²) in [5.74, 6) is -0.579. The minimum Gasteiger partial charge on any atom is -0.394 e. The summed E-state index contributed by atoms with van der Waals surface area (Å²) in [5, 5.41) is 11.9. The van der Waals surface area contributed by atoms with Gasteiger partial charge in [0, 0.05) is 19.5 Å². The van der Waals surface area contributed by atoms with Gasteiger partial charge in [-0.05, 0) is 13.3 Å². The molecule has 1 unspecified atom stereocenters. The molecule has 8 heteroatoms. The van der Waals surface area contributed by atoms with Crippen molar-refractivity contribution >= 4 is 15.9 Å². The van der Waals surface area contributed by atoms with E-state index in [1.807, 2.05) is 6.92 Å². The third-order valence-corrected chi connectivity index (χ3v) is 5.39. The van der Waals surface area contributed by atoms with Crippen molar-refractivity contribution in [1.82, 2.24) is 9.62 Å². The third-order valence-electron chi connectivity index (χ3n) is 3.52. The molecular formula is C12H24N2O5S. The molecule has 1 fully saturated rings. The Labute approximate surface area is 120 Å². The number of nitrogens with zero attached hydrogens (tertiary/aromatic N) is 1. The Morgan fingerprint density at radius 3 is 2.50 bits per heavy atom. The zero-order valence-corrected chi connectivity index (χ0v) is 12.9. The Kier molecular flexibility index (Phi) is 6.38. The fourth-order valence-electron chi connectivity index (χ4n) is 1.81. The fraction of sp³-hybridized carbons (Fsp3) is 0.917. The van der Waals surface area contributed by atoms with Crippen molar-refractivity contribution in [1.29, 1.82) is 0 Å². The Morgan fingerprint density at radius 2 is 2.00 bits per heavy atom. The van der Waals surface area contributed by atoms with Crippen LogP contribution in [0.2, 0.25) is 0 Å². The number of carbonyl (C=O) groups is 1.